The molecule has 2 aliphatic rings. The highest BCUT2D eigenvalue weighted by Crippen LogP contribution is 2.46. The van der Waals surface area contributed by atoms with Crippen molar-refractivity contribution in [3.05, 3.63) is 64.2 Å². The molecule has 3 N–H and O–H groups in total. The minimum absolute atomic E-state index is 0.0505. The summed E-state index contributed by atoms with van der Waals surface area (Å²) in [6.45, 7) is 0.464. The van der Waals surface area contributed by atoms with Crippen LogP contribution >= 0.6 is 0 Å². The van der Waals surface area contributed by atoms with E-state index < -0.39 is 6.10 Å². The van der Waals surface area contributed by atoms with Gasteiger partial charge >= 0.3 is 5.97 Å². The first kappa shape index (κ1) is 21.7. The van der Waals surface area contributed by atoms with Gasteiger partial charge in [0.1, 0.15) is 5.75 Å². The molecule has 0 saturated heterocycles. The molecule has 0 spiro atoms. The van der Waals surface area contributed by atoms with E-state index in [-0.39, 0.29) is 24.7 Å². The van der Waals surface area contributed by atoms with Crippen molar-refractivity contribution in [2.24, 2.45) is 0 Å². The van der Waals surface area contributed by atoms with Gasteiger partial charge in [0.05, 0.1) is 31.4 Å². The zero-order chi connectivity index (χ0) is 24.3. The standard InChI is InChI=1S/C28H26N2O5/c1-34-16-5-7-17-14(11-16)3-6-18-24(17)26-20(13-29-28(26)33)25-19-12-15(4-8-21(19)30-27(18)25)22(31)9-10-23(32)35-2/h4-5,7-8,11-12,22,30-31H,3,6,9-10,13H2,1-2H3,(H,29,33). The molecule has 4 aromatic rings. The van der Waals surface area contributed by atoms with Gasteiger partial charge in [0.15, 0.2) is 0 Å². The van der Waals surface area contributed by atoms with Crippen LogP contribution < -0.4 is 10.1 Å². The molecular weight excluding hydrogens is 444 g/mol. The van der Waals surface area contributed by atoms with E-state index in [1.807, 2.05) is 24.3 Å². The van der Waals surface area contributed by atoms with Gasteiger partial charge in [-0.05, 0) is 71.3 Å². The number of H-pyrrole nitrogens is 1. The molecule has 2 heterocycles. The lowest BCUT2D eigenvalue weighted by atomic mass is 9.80. The molecule has 1 aromatic heterocycles. The first-order chi connectivity index (χ1) is 17.0. The highest BCUT2D eigenvalue weighted by molar-refractivity contribution is 6.19. The number of nitrogens with one attached hydrogen (secondary N) is 2. The number of carbonyl (C=O) groups excluding carboxylic acids is 2. The first-order valence-corrected chi connectivity index (χ1v) is 11.8. The Labute approximate surface area is 202 Å². The summed E-state index contributed by atoms with van der Waals surface area (Å²) < 4.78 is 10.1. The number of aromatic amines is 1. The lowest BCUT2D eigenvalue weighted by Gasteiger charge is -2.23. The summed E-state index contributed by atoms with van der Waals surface area (Å²) in [7, 11) is 3.01. The van der Waals surface area contributed by atoms with E-state index in [0.29, 0.717) is 6.54 Å². The lowest BCUT2D eigenvalue weighted by molar-refractivity contribution is -0.141. The van der Waals surface area contributed by atoms with Gasteiger partial charge < -0.3 is 24.9 Å². The van der Waals surface area contributed by atoms with Gasteiger partial charge in [0.2, 0.25) is 0 Å². The summed E-state index contributed by atoms with van der Waals surface area (Å²) >= 11 is 0. The van der Waals surface area contributed by atoms with Crippen LogP contribution in [0.25, 0.3) is 32.9 Å². The molecule has 7 heteroatoms. The van der Waals surface area contributed by atoms with Crippen LogP contribution in [-0.2, 0) is 28.9 Å². The van der Waals surface area contributed by atoms with E-state index in [9.17, 15) is 14.7 Å². The number of aromatic nitrogens is 1. The SMILES string of the molecule is COC(=O)CCC(O)c1ccc2[nH]c3c4c(c5c(c3c2c1)CNC5=O)-c1ccc(OC)cc1CC4. The Balaban J connectivity index is 1.56. The molecule has 7 nitrogen and oxygen atoms in total. The van der Waals surface area contributed by atoms with Crippen molar-refractivity contribution in [2.45, 2.75) is 38.3 Å². The van der Waals surface area contributed by atoms with Gasteiger partial charge in [-0.3, -0.25) is 9.59 Å². The number of aryl methyl sites for hydroxylation is 2. The average molecular weight is 471 g/mol. The normalized spacial score (nSPS) is 14.9. The summed E-state index contributed by atoms with van der Waals surface area (Å²) in [5.41, 5.74) is 8.91. The molecule has 1 unspecified atom stereocenters. The van der Waals surface area contributed by atoms with E-state index in [4.69, 9.17) is 9.47 Å². The number of benzene rings is 3. The molecule has 35 heavy (non-hydrogen) atoms. The third kappa shape index (κ3) is 3.30. The molecule has 1 aliphatic carbocycles. The molecule has 0 fully saturated rings. The fraction of sp³-hybridized carbons (Fsp3) is 0.286. The number of ether oxygens (including phenoxy) is 2. The number of fused-ring (bicyclic) bond motifs is 10. The predicted octanol–water partition coefficient (Wildman–Crippen LogP) is 4.33. The third-order valence-electron chi connectivity index (χ3n) is 7.39. The smallest absolute Gasteiger partial charge is 0.305 e. The summed E-state index contributed by atoms with van der Waals surface area (Å²) in [6, 6.07) is 11.9. The Hall–Kier alpha value is -3.84. The summed E-state index contributed by atoms with van der Waals surface area (Å²) in [6.07, 6.45) is 1.33. The van der Waals surface area contributed by atoms with Gasteiger partial charge in [-0.2, -0.15) is 0 Å². The first-order valence-electron chi connectivity index (χ1n) is 11.8. The molecule has 178 valence electrons. The van der Waals surface area contributed by atoms with E-state index >= 15 is 0 Å². The number of aliphatic hydroxyl groups excluding tert-OH is 1. The topological polar surface area (TPSA) is 101 Å². The number of hydrogen-bond donors (Lipinski definition) is 3. The van der Waals surface area contributed by atoms with Crippen LogP contribution in [0, 0.1) is 0 Å². The van der Waals surface area contributed by atoms with Gasteiger partial charge in [-0.15, -0.1) is 0 Å². The molecule has 0 radical (unpaired) electrons. The maximum Gasteiger partial charge on any atom is 0.305 e. The highest BCUT2D eigenvalue weighted by atomic mass is 16.5. The predicted molar refractivity (Wildman–Crippen MR) is 133 cm³/mol. The molecular formula is C28H26N2O5. The van der Waals surface area contributed by atoms with E-state index in [1.54, 1.807) is 7.11 Å². The second kappa shape index (κ2) is 8.13. The molecule has 3 aromatic carbocycles. The molecule has 0 saturated carbocycles. The van der Waals surface area contributed by atoms with Crippen LogP contribution in [0.2, 0.25) is 0 Å². The number of aliphatic hydroxyl groups is 1. The molecule has 0 bridgehead atoms. The lowest BCUT2D eigenvalue weighted by Crippen LogP contribution is -2.15. The fourth-order valence-electron chi connectivity index (χ4n) is 5.67. The number of rotatable bonds is 5. The molecule has 1 amide bonds. The highest BCUT2D eigenvalue weighted by Gasteiger charge is 2.33. The minimum atomic E-state index is -0.782. The number of amides is 1. The van der Waals surface area contributed by atoms with Crippen molar-refractivity contribution in [3.63, 3.8) is 0 Å². The monoisotopic (exact) mass is 470 g/mol. The zero-order valence-electron chi connectivity index (χ0n) is 19.7. The third-order valence-corrected chi connectivity index (χ3v) is 7.39. The summed E-state index contributed by atoms with van der Waals surface area (Å²) in [5.74, 6) is 0.424. The fourth-order valence-corrected chi connectivity index (χ4v) is 5.67. The second-order valence-electron chi connectivity index (χ2n) is 9.22. The summed E-state index contributed by atoms with van der Waals surface area (Å²) in [5, 5.41) is 15.8. The second-order valence-corrected chi connectivity index (χ2v) is 9.22. The maximum atomic E-state index is 13.1. The van der Waals surface area contributed by atoms with Crippen LogP contribution in [0.5, 0.6) is 5.75 Å². The van der Waals surface area contributed by atoms with Crippen molar-refractivity contribution in [1.82, 2.24) is 10.3 Å². The Morgan fingerprint density at radius 3 is 2.74 bits per heavy atom. The minimum Gasteiger partial charge on any atom is -0.497 e. The van der Waals surface area contributed by atoms with E-state index in [2.05, 4.69) is 22.4 Å². The number of esters is 1. The molecule has 1 atom stereocenters. The zero-order valence-corrected chi connectivity index (χ0v) is 19.7. The Bertz CT molecular complexity index is 1530. The summed E-state index contributed by atoms with van der Waals surface area (Å²) in [4.78, 5) is 28.2. The van der Waals surface area contributed by atoms with Crippen molar-refractivity contribution in [3.8, 4) is 16.9 Å². The number of carbonyl (C=O) groups is 2. The van der Waals surface area contributed by atoms with Gasteiger partial charge in [-0.1, -0.05) is 12.1 Å². The van der Waals surface area contributed by atoms with E-state index in [1.165, 1.54) is 12.7 Å². The van der Waals surface area contributed by atoms with Crippen LogP contribution in [0.15, 0.2) is 36.4 Å². The van der Waals surface area contributed by atoms with Crippen molar-refractivity contribution in [2.75, 3.05) is 14.2 Å². The van der Waals surface area contributed by atoms with Gasteiger partial charge in [0.25, 0.3) is 5.91 Å². The van der Waals surface area contributed by atoms with Crippen LogP contribution in [0.3, 0.4) is 0 Å². The van der Waals surface area contributed by atoms with Crippen LogP contribution in [-0.4, -0.2) is 36.2 Å². The maximum absolute atomic E-state index is 13.1. The van der Waals surface area contributed by atoms with E-state index in [0.717, 1.165) is 73.8 Å². The molecule has 1 aliphatic heterocycles. The Morgan fingerprint density at radius 1 is 1.09 bits per heavy atom. The number of methoxy groups -OCH3 is 2. The van der Waals surface area contributed by atoms with Gasteiger partial charge in [-0.25, -0.2) is 0 Å². The van der Waals surface area contributed by atoms with Crippen molar-refractivity contribution >= 4 is 33.7 Å². The Kier molecular flexibility index (Phi) is 5.04. The molecule has 6 rings (SSSR count). The van der Waals surface area contributed by atoms with Crippen LogP contribution in [0.1, 0.15) is 51.6 Å². The van der Waals surface area contributed by atoms with Crippen LogP contribution in [0.4, 0.5) is 0 Å². The quantitative estimate of drug-likeness (QED) is 0.377. The number of hydrogen-bond acceptors (Lipinski definition) is 5. The van der Waals surface area contributed by atoms with Crippen molar-refractivity contribution < 1.29 is 24.2 Å². The van der Waals surface area contributed by atoms with Gasteiger partial charge in [0, 0.05) is 34.8 Å². The average Bonchev–Trinajstić information content (AvgIpc) is 3.46. The largest absolute Gasteiger partial charge is 0.497 e. The Morgan fingerprint density at radius 2 is 1.94 bits per heavy atom. The van der Waals surface area contributed by atoms with Crippen molar-refractivity contribution in [1.29, 1.82) is 0 Å².